The van der Waals surface area contributed by atoms with Crippen molar-refractivity contribution in [1.29, 1.82) is 0 Å². The number of rotatable bonds is 3. The van der Waals surface area contributed by atoms with Crippen LogP contribution in [0.1, 0.15) is 5.76 Å². The van der Waals surface area contributed by atoms with E-state index in [0.29, 0.717) is 11.3 Å². The molecule has 0 atom stereocenters. The lowest BCUT2D eigenvalue weighted by Gasteiger charge is -2.25. The number of hydrogen-bond donors (Lipinski definition) is 1. The van der Waals surface area contributed by atoms with Crippen LogP contribution in [0.3, 0.4) is 0 Å². The largest absolute Gasteiger partial charge is 0.457 e. The summed E-state index contributed by atoms with van der Waals surface area (Å²) < 4.78 is 18.7. The molecule has 1 aliphatic rings. The summed E-state index contributed by atoms with van der Waals surface area (Å²) in [5.74, 6) is -1.31. The zero-order valence-corrected chi connectivity index (χ0v) is 14.3. The Morgan fingerprint density at radius 2 is 1.82 bits per heavy atom. The van der Waals surface area contributed by atoms with Crippen LogP contribution in [0.5, 0.6) is 0 Å². The molecule has 0 unspecified atom stereocenters. The predicted octanol–water partition coefficient (Wildman–Crippen LogP) is 3.15. The fourth-order valence-corrected chi connectivity index (χ4v) is 2.72. The number of urea groups is 1. The zero-order chi connectivity index (χ0) is 19.7. The lowest BCUT2D eigenvalue weighted by atomic mass is 10.1. The van der Waals surface area contributed by atoms with Crippen molar-refractivity contribution < 1.29 is 23.2 Å². The van der Waals surface area contributed by atoms with E-state index in [1.807, 2.05) is 0 Å². The van der Waals surface area contributed by atoms with Gasteiger partial charge in [-0.25, -0.2) is 14.1 Å². The first-order valence-corrected chi connectivity index (χ1v) is 8.20. The Morgan fingerprint density at radius 1 is 1.04 bits per heavy atom. The third kappa shape index (κ3) is 3.18. The Bertz CT molecular complexity index is 1100. The van der Waals surface area contributed by atoms with Crippen molar-refractivity contribution in [1.82, 2.24) is 10.3 Å². The van der Waals surface area contributed by atoms with Crippen LogP contribution in [0.2, 0.25) is 0 Å². The summed E-state index contributed by atoms with van der Waals surface area (Å²) in [5, 5.41) is 2.12. The summed E-state index contributed by atoms with van der Waals surface area (Å²) >= 11 is 0. The Balaban J connectivity index is 1.67. The first kappa shape index (κ1) is 17.3. The normalized spacial score (nSPS) is 15.8. The molecule has 4 amide bonds. The standard InChI is InChI=1S/C20H12FN3O4/c21-13-5-3-12(4-6-13)17-8-7-15(28-17)10-16-18(25)23-20(27)24(19(16)26)14-2-1-9-22-11-14/h1-11H,(H,23,25,27). The van der Waals surface area contributed by atoms with Gasteiger partial charge in [0.1, 0.15) is 22.9 Å². The number of halogens is 1. The zero-order valence-electron chi connectivity index (χ0n) is 14.3. The molecule has 0 radical (unpaired) electrons. The molecule has 0 bridgehead atoms. The molecular weight excluding hydrogens is 365 g/mol. The Kier molecular flexibility index (Phi) is 4.29. The van der Waals surface area contributed by atoms with Gasteiger partial charge in [-0.3, -0.25) is 19.9 Å². The Morgan fingerprint density at radius 3 is 2.54 bits per heavy atom. The molecule has 3 heterocycles. The molecule has 1 saturated heterocycles. The third-order valence-corrected chi connectivity index (χ3v) is 4.05. The highest BCUT2D eigenvalue weighted by molar-refractivity contribution is 6.39. The van der Waals surface area contributed by atoms with E-state index in [1.165, 1.54) is 36.7 Å². The van der Waals surface area contributed by atoms with Crippen molar-refractivity contribution >= 4 is 29.6 Å². The number of carbonyl (C=O) groups excluding carboxylic acids is 3. The van der Waals surface area contributed by atoms with Gasteiger partial charge in [-0.2, -0.15) is 0 Å². The molecular formula is C20H12FN3O4. The van der Waals surface area contributed by atoms with Crippen LogP contribution in [0.25, 0.3) is 17.4 Å². The highest BCUT2D eigenvalue weighted by Gasteiger charge is 2.37. The number of pyridine rings is 1. The van der Waals surface area contributed by atoms with Crippen molar-refractivity contribution in [2.75, 3.05) is 4.90 Å². The number of amides is 4. The van der Waals surface area contributed by atoms with E-state index in [1.54, 1.807) is 30.3 Å². The Hall–Kier alpha value is -4.07. The van der Waals surface area contributed by atoms with E-state index >= 15 is 0 Å². The molecule has 1 aliphatic heterocycles. The van der Waals surface area contributed by atoms with E-state index < -0.39 is 17.8 Å². The lowest BCUT2D eigenvalue weighted by Crippen LogP contribution is -2.54. The molecule has 0 spiro atoms. The van der Waals surface area contributed by atoms with Crippen molar-refractivity contribution in [2.45, 2.75) is 0 Å². The first-order chi connectivity index (χ1) is 13.5. The van der Waals surface area contributed by atoms with Gasteiger partial charge in [0.2, 0.25) is 0 Å². The number of anilines is 1. The van der Waals surface area contributed by atoms with Gasteiger partial charge in [-0.15, -0.1) is 0 Å². The number of nitrogens with zero attached hydrogens (tertiary/aromatic N) is 2. The number of nitrogens with one attached hydrogen (secondary N) is 1. The molecule has 28 heavy (non-hydrogen) atoms. The van der Waals surface area contributed by atoms with Crippen molar-refractivity contribution in [3.63, 3.8) is 0 Å². The monoisotopic (exact) mass is 377 g/mol. The minimum Gasteiger partial charge on any atom is -0.457 e. The lowest BCUT2D eigenvalue weighted by molar-refractivity contribution is -0.122. The second kappa shape index (κ2) is 6.92. The quantitative estimate of drug-likeness (QED) is 0.559. The second-order valence-corrected chi connectivity index (χ2v) is 5.88. The van der Waals surface area contributed by atoms with Crippen LogP contribution >= 0.6 is 0 Å². The second-order valence-electron chi connectivity index (χ2n) is 5.88. The molecule has 138 valence electrons. The van der Waals surface area contributed by atoms with Crippen molar-refractivity contribution in [2.24, 2.45) is 0 Å². The van der Waals surface area contributed by atoms with Gasteiger partial charge >= 0.3 is 6.03 Å². The van der Waals surface area contributed by atoms with Crippen LogP contribution in [0.15, 0.2) is 70.9 Å². The van der Waals surface area contributed by atoms with Crippen molar-refractivity contribution in [3.05, 3.63) is 78.1 Å². The van der Waals surface area contributed by atoms with Gasteiger partial charge in [-0.05, 0) is 54.6 Å². The van der Waals surface area contributed by atoms with E-state index in [2.05, 4.69) is 10.3 Å². The maximum Gasteiger partial charge on any atom is 0.336 e. The minimum absolute atomic E-state index is 0.231. The van der Waals surface area contributed by atoms with E-state index in [4.69, 9.17) is 4.42 Å². The minimum atomic E-state index is -0.855. The number of imide groups is 2. The van der Waals surface area contributed by atoms with Crippen LogP contribution in [-0.2, 0) is 9.59 Å². The molecule has 1 fully saturated rings. The van der Waals surface area contributed by atoms with E-state index in [9.17, 15) is 18.8 Å². The maximum atomic E-state index is 13.1. The van der Waals surface area contributed by atoms with E-state index in [0.717, 1.165) is 4.90 Å². The number of furan rings is 1. The van der Waals surface area contributed by atoms with Crippen molar-refractivity contribution in [3.8, 4) is 11.3 Å². The number of carbonyl (C=O) groups is 3. The number of benzene rings is 1. The highest BCUT2D eigenvalue weighted by atomic mass is 19.1. The summed E-state index contributed by atoms with van der Waals surface area (Å²) in [6.07, 6.45) is 4.09. The fourth-order valence-electron chi connectivity index (χ4n) is 2.72. The van der Waals surface area contributed by atoms with Gasteiger partial charge < -0.3 is 4.42 Å². The average molecular weight is 377 g/mol. The predicted molar refractivity (Wildman–Crippen MR) is 97.3 cm³/mol. The van der Waals surface area contributed by atoms with Gasteiger partial charge in [0, 0.05) is 11.8 Å². The molecule has 0 saturated carbocycles. The molecule has 2 aromatic heterocycles. The molecule has 8 heteroatoms. The summed E-state index contributed by atoms with van der Waals surface area (Å²) in [5.41, 5.74) is 0.607. The average Bonchev–Trinajstić information content (AvgIpc) is 3.15. The SMILES string of the molecule is O=C1NC(=O)N(c2cccnc2)C(=O)C1=Cc1ccc(-c2ccc(F)cc2)o1. The van der Waals surface area contributed by atoms with E-state index in [-0.39, 0.29) is 22.8 Å². The molecule has 4 rings (SSSR count). The summed E-state index contributed by atoms with van der Waals surface area (Å²) in [6.45, 7) is 0. The summed E-state index contributed by atoms with van der Waals surface area (Å²) in [4.78, 5) is 41.7. The first-order valence-electron chi connectivity index (χ1n) is 8.20. The third-order valence-electron chi connectivity index (χ3n) is 4.05. The van der Waals surface area contributed by atoms with Gasteiger partial charge in [0.25, 0.3) is 11.8 Å². The smallest absolute Gasteiger partial charge is 0.336 e. The topological polar surface area (TPSA) is 92.5 Å². The van der Waals surface area contributed by atoms with Gasteiger partial charge in [0.05, 0.1) is 11.9 Å². The fraction of sp³-hybridized carbons (Fsp3) is 0. The number of aromatic nitrogens is 1. The maximum absolute atomic E-state index is 13.1. The summed E-state index contributed by atoms with van der Waals surface area (Å²) in [7, 11) is 0. The molecule has 1 N–H and O–H groups in total. The Labute approximate surface area is 158 Å². The van der Waals surface area contributed by atoms with Crippen LogP contribution in [-0.4, -0.2) is 22.8 Å². The summed E-state index contributed by atoms with van der Waals surface area (Å²) in [6, 6.07) is 11.1. The van der Waals surface area contributed by atoms with Crippen LogP contribution < -0.4 is 10.2 Å². The van der Waals surface area contributed by atoms with Crippen LogP contribution in [0.4, 0.5) is 14.9 Å². The molecule has 1 aromatic carbocycles. The number of barbiturate groups is 1. The van der Waals surface area contributed by atoms with Gasteiger partial charge in [-0.1, -0.05) is 0 Å². The van der Waals surface area contributed by atoms with Gasteiger partial charge in [0.15, 0.2) is 0 Å². The number of hydrogen-bond acceptors (Lipinski definition) is 5. The van der Waals surface area contributed by atoms with Crippen LogP contribution in [0, 0.1) is 5.82 Å². The highest BCUT2D eigenvalue weighted by Crippen LogP contribution is 2.25. The molecule has 7 nitrogen and oxygen atoms in total. The molecule has 0 aliphatic carbocycles. The molecule has 3 aromatic rings.